The molecule has 6 heteroatoms. The molecule has 0 aliphatic rings. The van der Waals surface area contributed by atoms with Crippen molar-refractivity contribution in [3.8, 4) is 5.69 Å². The Balaban J connectivity index is 2.33. The van der Waals surface area contributed by atoms with E-state index in [4.69, 9.17) is 23.2 Å². The number of halogens is 4. The molecule has 0 saturated carbocycles. The van der Waals surface area contributed by atoms with Gasteiger partial charge >= 0.3 is 0 Å². The first kappa shape index (κ1) is 14.8. The van der Waals surface area contributed by atoms with Crippen molar-refractivity contribution in [3.05, 3.63) is 57.5 Å². The molecular formula is C15H10BrCl2FN2. The molecule has 0 atom stereocenters. The second kappa shape index (κ2) is 5.95. The van der Waals surface area contributed by atoms with Crippen LogP contribution in [-0.2, 0) is 6.42 Å². The van der Waals surface area contributed by atoms with Crippen LogP contribution in [0.2, 0.25) is 5.02 Å². The van der Waals surface area contributed by atoms with Crippen LogP contribution in [0.5, 0.6) is 0 Å². The van der Waals surface area contributed by atoms with Crippen LogP contribution in [0.4, 0.5) is 4.39 Å². The van der Waals surface area contributed by atoms with Crippen molar-refractivity contribution in [2.75, 3.05) is 5.88 Å². The maximum Gasteiger partial charge on any atom is 0.125 e. The van der Waals surface area contributed by atoms with Crippen LogP contribution in [0.15, 0.2) is 40.9 Å². The van der Waals surface area contributed by atoms with E-state index in [9.17, 15) is 4.39 Å². The Morgan fingerprint density at radius 3 is 2.76 bits per heavy atom. The van der Waals surface area contributed by atoms with Crippen molar-refractivity contribution in [3.63, 3.8) is 0 Å². The summed E-state index contributed by atoms with van der Waals surface area (Å²) >= 11 is 15.6. The number of benzene rings is 2. The van der Waals surface area contributed by atoms with Gasteiger partial charge in [0.25, 0.3) is 0 Å². The first-order chi connectivity index (χ1) is 10.1. The van der Waals surface area contributed by atoms with Crippen LogP contribution < -0.4 is 0 Å². The molecule has 0 saturated heterocycles. The minimum Gasteiger partial charge on any atom is -0.295 e. The third-order valence-corrected chi connectivity index (χ3v) is 4.16. The van der Waals surface area contributed by atoms with Gasteiger partial charge in [-0.3, -0.25) is 4.57 Å². The highest BCUT2D eigenvalue weighted by molar-refractivity contribution is 9.10. The Morgan fingerprint density at radius 2 is 2.00 bits per heavy atom. The standard InChI is InChI=1S/C15H10BrCl2FN2/c16-9-1-3-11(18)14(7-9)21-13-4-2-10(19)8-12(13)20-15(21)5-6-17/h1-4,7-8H,5-6H2. The highest BCUT2D eigenvalue weighted by atomic mass is 79.9. The van der Waals surface area contributed by atoms with E-state index in [0.29, 0.717) is 22.8 Å². The van der Waals surface area contributed by atoms with Gasteiger partial charge in [0.1, 0.15) is 11.6 Å². The quantitative estimate of drug-likeness (QED) is 0.553. The minimum absolute atomic E-state index is 0.315. The van der Waals surface area contributed by atoms with E-state index in [1.54, 1.807) is 12.1 Å². The Labute approximate surface area is 139 Å². The largest absolute Gasteiger partial charge is 0.295 e. The predicted molar refractivity (Wildman–Crippen MR) is 88.2 cm³/mol. The number of nitrogens with zero attached hydrogens (tertiary/aromatic N) is 2. The van der Waals surface area contributed by atoms with Crippen molar-refractivity contribution in [1.82, 2.24) is 9.55 Å². The number of hydrogen-bond donors (Lipinski definition) is 0. The van der Waals surface area contributed by atoms with Gasteiger partial charge in [-0.2, -0.15) is 0 Å². The zero-order valence-electron chi connectivity index (χ0n) is 10.8. The average molecular weight is 388 g/mol. The van der Waals surface area contributed by atoms with Crippen molar-refractivity contribution in [2.45, 2.75) is 6.42 Å². The summed E-state index contributed by atoms with van der Waals surface area (Å²) in [6.45, 7) is 0. The van der Waals surface area contributed by atoms with E-state index in [0.717, 1.165) is 21.5 Å². The lowest BCUT2D eigenvalue weighted by Gasteiger charge is -2.11. The summed E-state index contributed by atoms with van der Waals surface area (Å²) in [7, 11) is 0. The molecule has 108 valence electrons. The predicted octanol–water partition coefficient (Wildman–Crippen LogP) is 5.36. The number of fused-ring (bicyclic) bond motifs is 1. The summed E-state index contributed by atoms with van der Waals surface area (Å²) in [4.78, 5) is 4.47. The summed E-state index contributed by atoms with van der Waals surface area (Å²) in [5.74, 6) is 0.868. The van der Waals surface area contributed by atoms with E-state index in [1.165, 1.54) is 12.1 Å². The van der Waals surface area contributed by atoms with Crippen LogP contribution in [0.25, 0.3) is 16.7 Å². The lowest BCUT2D eigenvalue weighted by molar-refractivity contribution is 0.629. The number of aryl methyl sites for hydroxylation is 1. The first-order valence-electron chi connectivity index (χ1n) is 6.28. The van der Waals surface area contributed by atoms with Gasteiger partial charge in [-0.15, -0.1) is 11.6 Å². The summed E-state index contributed by atoms with van der Waals surface area (Å²) in [6, 6.07) is 10.1. The van der Waals surface area contributed by atoms with Crippen molar-refractivity contribution >= 4 is 50.2 Å². The molecule has 0 aliphatic carbocycles. The normalized spacial score (nSPS) is 11.2. The summed E-state index contributed by atoms with van der Waals surface area (Å²) in [5.41, 5.74) is 2.18. The van der Waals surface area contributed by atoms with Gasteiger partial charge in [0, 0.05) is 22.8 Å². The van der Waals surface area contributed by atoms with Crippen molar-refractivity contribution < 1.29 is 4.39 Å². The van der Waals surface area contributed by atoms with Gasteiger partial charge in [-0.05, 0) is 30.3 Å². The molecule has 3 rings (SSSR count). The summed E-state index contributed by atoms with van der Waals surface area (Å²) in [5, 5.41) is 0.595. The molecule has 1 heterocycles. The van der Waals surface area contributed by atoms with E-state index >= 15 is 0 Å². The van der Waals surface area contributed by atoms with Gasteiger partial charge in [0.2, 0.25) is 0 Å². The van der Waals surface area contributed by atoms with E-state index < -0.39 is 0 Å². The molecule has 0 radical (unpaired) electrons. The molecular weight excluding hydrogens is 378 g/mol. The molecule has 0 N–H and O–H groups in total. The molecule has 2 nitrogen and oxygen atoms in total. The maximum atomic E-state index is 13.4. The number of rotatable bonds is 3. The average Bonchev–Trinajstić information content (AvgIpc) is 2.79. The molecule has 21 heavy (non-hydrogen) atoms. The van der Waals surface area contributed by atoms with E-state index in [-0.39, 0.29) is 5.82 Å². The zero-order valence-corrected chi connectivity index (χ0v) is 13.9. The second-order valence-electron chi connectivity index (χ2n) is 4.53. The number of hydrogen-bond acceptors (Lipinski definition) is 1. The third-order valence-electron chi connectivity index (χ3n) is 3.15. The third kappa shape index (κ3) is 2.80. The fourth-order valence-corrected chi connectivity index (χ4v) is 3.00. The molecule has 0 aliphatic heterocycles. The van der Waals surface area contributed by atoms with Crippen LogP contribution >= 0.6 is 39.1 Å². The zero-order chi connectivity index (χ0) is 15.0. The minimum atomic E-state index is -0.315. The van der Waals surface area contributed by atoms with E-state index in [1.807, 2.05) is 16.7 Å². The van der Waals surface area contributed by atoms with Gasteiger partial charge in [-0.1, -0.05) is 27.5 Å². The summed E-state index contributed by atoms with van der Waals surface area (Å²) < 4.78 is 16.2. The highest BCUT2D eigenvalue weighted by Crippen LogP contribution is 2.30. The fourth-order valence-electron chi connectivity index (χ4n) is 2.28. The summed E-state index contributed by atoms with van der Waals surface area (Å²) in [6.07, 6.45) is 0.570. The molecule has 0 bridgehead atoms. The van der Waals surface area contributed by atoms with Gasteiger partial charge in [-0.25, -0.2) is 9.37 Å². The highest BCUT2D eigenvalue weighted by Gasteiger charge is 2.15. The van der Waals surface area contributed by atoms with E-state index in [2.05, 4.69) is 20.9 Å². The molecule has 0 fully saturated rings. The number of imidazole rings is 1. The number of aromatic nitrogens is 2. The SMILES string of the molecule is Fc1ccc2c(c1)nc(CCCl)n2-c1cc(Br)ccc1Cl. The van der Waals surface area contributed by atoms with Crippen LogP contribution in [0, 0.1) is 5.82 Å². The Morgan fingerprint density at radius 1 is 1.19 bits per heavy atom. The van der Waals surface area contributed by atoms with Crippen LogP contribution in [0.3, 0.4) is 0 Å². The van der Waals surface area contributed by atoms with Crippen LogP contribution in [0.1, 0.15) is 5.82 Å². The molecule has 2 aromatic carbocycles. The lowest BCUT2D eigenvalue weighted by atomic mass is 10.2. The Bertz CT molecular complexity index is 817. The first-order valence-corrected chi connectivity index (χ1v) is 7.99. The lowest BCUT2D eigenvalue weighted by Crippen LogP contribution is -2.03. The van der Waals surface area contributed by atoms with Crippen molar-refractivity contribution in [2.24, 2.45) is 0 Å². The molecule has 1 aromatic heterocycles. The molecule has 0 spiro atoms. The molecule has 3 aromatic rings. The van der Waals surface area contributed by atoms with Gasteiger partial charge in [0.15, 0.2) is 0 Å². The van der Waals surface area contributed by atoms with Crippen LogP contribution in [-0.4, -0.2) is 15.4 Å². The topological polar surface area (TPSA) is 17.8 Å². The second-order valence-corrected chi connectivity index (χ2v) is 6.23. The Kier molecular flexibility index (Phi) is 4.20. The monoisotopic (exact) mass is 386 g/mol. The van der Waals surface area contributed by atoms with Crippen molar-refractivity contribution in [1.29, 1.82) is 0 Å². The van der Waals surface area contributed by atoms with Gasteiger partial charge < -0.3 is 0 Å². The Hall–Kier alpha value is -1.10. The molecule has 0 unspecified atom stereocenters. The fraction of sp³-hybridized carbons (Fsp3) is 0.133. The van der Waals surface area contributed by atoms with Gasteiger partial charge in [0.05, 0.1) is 21.7 Å². The number of alkyl halides is 1. The smallest absolute Gasteiger partial charge is 0.125 e. The molecule has 0 amide bonds. The maximum absolute atomic E-state index is 13.4.